The molecule has 1 unspecified atom stereocenters. The number of aromatic hydroxyl groups is 9. The zero-order chi connectivity index (χ0) is 47.9. The minimum atomic E-state index is -0.791. The van der Waals surface area contributed by atoms with Gasteiger partial charge in [-0.3, -0.25) is 0 Å². The summed E-state index contributed by atoms with van der Waals surface area (Å²) in [5.41, 5.74) is 3.64. The molecule has 0 aliphatic carbocycles. The molecule has 0 aliphatic rings. The van der Waals surface area contributed by atoms with Crippen LogP contribution in [0.5, 0.6) is 63.2 Å². The van der Waals surface area contributed by atoms with Gasteiger partial charge < -0.3 is 50.7 Å². The lowest BCUT2D eigenvalue weighted by Crippen LogP contribution is -2.08. The highest BCUT2D eigenvalue weighted by atomic mass is 127. The maximum Gasteiger partial charge on any atom is 0.154 e. The lowest BCUT2D eigenvalue weighted by atomic mass is 9.79. The Morgan fingerprint density at radius 1 is 0.353 bits per heavy atom. The Bertz CT molecular complexity index is 3610. The summed E-state index contributed by atoms with van der Waals surface area (Å²) in [6.07, 6.45) is 0. The van der Waals surface area contributed by atoms with Crippen molar-refractivity contribution < 1.29 is 50.7 Å². The van der Waals surface area contributed by atoms with Crippen molar-refractivity contribution in [2.45, 2.75) is 11.8 Å². The summed E-state index contributed by atoms with van der Waals surface area (Å²) in [4.78, 5) is 0. The lowest BCUT2D eigenvalue weighted by Gasteiger charge is -2.26. The summed E-state index contributed by atoms with van der Waals surface area (Å²) in [6.45, 7) is 0. The molecule has 338 valence electrons. The number of halogens is 4. The van der Waals surface area contributed by atoms with Gasteiger partial charge in [0.05, 0.1) is 14.3 Å². The van der Waals surface area contributed by atoms with E-state index in [4.69, 9.17) is 4.74 Å². The van der Waals surface area contributed by atoms with E-state index in [0.29, 0.717) is 96.7 Å². The molecule has 0 spiro atoms. The molecular formula is C54H34I4O10. The highest BCUT2D eigenvalue weighted by molar-refractivity contribution is 14.1. The number of phenols is 9. The quantitative estimate of drug-likeness (QED) is 0.0523. The van der Waals surface area contributed by atoms with Gasteiger partial charge in [-0.25, -0.2) is 0 Å². The number of ether oxygens (including phenoxy) is 1. The number of rotatable bonds is 8. The molecule has 0 amide bonds. The minimum Gasteiger partial charge on any atom is -0.508 e. The van der Waals surface area contributed by atoms with Gasteiger partial charge in [-0.15, -0.1) is 0 Å². The molecule has 0 bridgehead atoms. The van der Waals surface area contributed by atoms with Gasteiger partial charge in [-0.05, 0) is 230 Å². The van der Waals surface area contributed by atoms with Crippen LogP contribution in [0.4, 0.5) is 0 Å². The summed E-state index contributed by atoms with van der Waals surface area (Å²) in [6, 6.07) is 38.5. The third-order valence-corrected chi connectivity index (χ3v) is 15.5. The number of phenolic OH excluding ortho intramolecular Hbond substituents is 9. The van der Waals surface area contributed by atoms with Crippen molar-refractivity contribution in [3.63, 3.8) is 0 Å². The Hall–Kier alpha value is -5.84. The predicted molar refractivity (Wildman–Crippen MR) is 296 cm³/mol. The van der Waals surface area contributed by atoms with Crippen LogP contribution in [0.1, 0.15) is 45.2 Å². The summed E-state index contributed by atoms with van der Waals surface area (Å²) < 4.78 is 9.35. The van der Waals surface area contributed by atoms with Gasteiger partial charge in [0, 0.05) is 45.9 Å². The van der Waals surface area contributed by atoms with Gasteiger partial charge in [0.15, 0.2) is 5.75 Å². The molecule has 0 saturated carbocycles. The summed E-state index contributed by atoms with van der Waals surface area (Å²) >= 11 is 8.53. The molecule has 1 atom stereocenters. The molecule has 10 aromatic rings. The van der Waals surface area contributed by atoms with E-state index < -0.39 is 11.8 Å². The van der Waals surface area contributed by atoms with Gasteiger partial charge in [-0.1, -0.05) is 42.5 Å². The molecule has 0 aromatic heterocycles. The topological polar surface area (TPSA) is 191 Å². The van der Waals surface area contributed by atoms with E-state index in [1.54, 1.807) is 91.0 Å². The molecule has 0 aliphatic heterocycles. The second-order valence-electron chi connectivity index (χ2n) is 16.4. The Morgan fingerprint density at radius 2 is 0.853 bits per heavy atom. The standard InChI is InChI=1S/C54H34I4O10/c55-41-14-26(15-42(56)53(41)67)49(36-3-1-2-35-37(36)18-30(61)20-47(35)65)40-23-32(22-39-38(40)19-31(62)21-48(39)66)68-54-43(57)16-27(17-44(54)58)50(51-33-8-6-28(59)12-24(33)4-10-45(51)63)52-34-9-7-29(60)13-25(34)5-11-46(52)64/h1-23,49-50,59-67H. The van der Waals surface area contributed by atoms with Crippen LogP contribution in [-0.2, 0) is 0 Å². The fourth-order valence-corrected chi connectivity index (χ4v) is 13.2. The van der Waals surface area contributed by atoms with Crippen LogP contribution < -0.4 is 4.74 Å². The van der Waals surface area contributed by atoms with Gasteiger partial charge in [-0.2, -0.15) is 0 Å². The molecule has 9 N–H and O–H groups in total. The van der Waals surface area contributed by atoms with Crippen LogP contribution in [0, 0.1) is 14.3 Å². The van der Waals surface area contributed by atoms with E-state index in [1.165, 1.54) is 12.1 Å². The second kappa shape index (κ2) is 17.9. The number of benzene rings is 10. The van der Waals surface area contributed by atoms with E-state index in [-0.39, 0.29) is 51.7 Å². The van der Waals surface area contributed by atoms with Crippen molar-refractivity contribution in [3.05, 3.63) is 187 Å². The fourth-order valence-electron chi connectivity index (χ4n) is 9.34. The van der Waals surface area contributed by atoms with Gasteiger partial charge in [0.25, 0.3) is 0 Å². The smallest absolute Gasteiger partial charge is 0.154 e. The SMILES string of the molecule is Oc1ccc2c(C(c3cc(I)c(Oc4cc(C(c5cc(I)c(O)c(I)c5)c5cccc6c(O)cc(O)cc56)c5cc(O)cc(O)c5c4)c(I)c3)c3c(O)ccc4cc(O)ccc34)c(O)ccc2c1. The maximum absolute atomic E-state index is 11.8. The molecule has 14 heteroatoms. The maximum atomic E-state index is 11.8. The number of hydrogen-bond donors (Lipinski definition) is 9. The first kappa shape index (κ1) is 45.9. The van der Waals surface area contributed by atoms with Gasteiger partial charge in [0.2, 0.25) is 0 Å². The van der Waals surface area contributed by atoms with E-state index in [1.807, 2.05) is 36.4 Å². The van der Waals surface area contributed by atoms with Crippen LogP contribution in [0.2, 0.25) is 0 Å². The highest BCUT2D eigenvalue weighted by Gasteiger charge is 2.30. The van der Waals surface area contributed by atoms with Crippen molar-refractivity contribution in [1.82, 2.24) is 0 Å². The molecule has 68 heavy (non-hydrogen) atoms. The predicted octanol–water partition coefficient (Wildman–Crippen LogP) is 14.2. The normalized spacial score (nSPS) is 12.1. The first-order valence-corrected chi connectivity index (χ1v) is 25.0. The van der Waals surface area contributed by atoms with Crippen molar-refractivity contribution in [1.29, 1.82) is 0 Å². The fraction of sp³-hybridized carbons (Fsp3) is 0.0370. The summed E-state index contributed by atoms with van der Waals surface area (Å²) in [7, 11) is 0. The van der Waals surface area contributed by atoms with Crippen LogP contribution >= 0.6 is 90.4 Å². The summed E-state index contributed by atoms with van der Waals surface area (Å²) in [5, 5.41) is 104. The molecule has 10 aromatic carbocycles. The second-order valence-corrected chi connectivity index (χ2v) is 21.1. The molecule has 0 fully saturated rings. The molecule has 0 saturated heterocycles. The van der Waals surface area contributed by atoms with Crippen LogP contribution in [0.15, 0.2) is 140 Å². The Kier molecular flexibility index (Phi) is 12.1. The Balaban J connectivity index is 1.19. The monoisotopic (exact) mass is 1350 g/mol. The van der Waals surface area contributed by atoms with Gasteiger partial charge >= 0.3 is 0 Å². The first-order valence-electron chi connectivity index (χ1n) is 20.7. The largest absolute Gasteiger partial charge is 0.508 e. The average Bonchev–Trinajstić information content (AvgIpc) is 3.28. The molecule has 0 heterocycles. The molecular weight excluding hydrogens is 1320 g/mol. The molecule has 10 nitrogen and oxygen atoms in total. The first-order chi connectivity index (χ1) is 32.5. The Morgan fingerprint density at radius 3 is 1.41 bits per heavy atom. The van der Waals surface area contributed by atoms with E-state index in [9.17, 15) is 46.0 Å². The third kappa shape index (κ3) is 8.21. The average molecular weight is 1350 g/mol. The van der Waals surface area contributed by atoms with Crippen molar-refractivity contribution in [2.75, 3.05) is 0 Å². The van der Waals surface area contributed by atoms with Crippen molar-refractivity contribution in [2.24, 2.45) is 0 Å². The lowest BCUT2D eigenvalue weighted by molar-refractivity contribution is 0.453. The number of fused-ring (bicyclic) bond motifs is 4. The zero-order valence-corrected chi connectivity index (χ0v) is 43.5. The number of hydrogen-bond acceptors (Lipinski definition) is 10. The van der Waals surface area contributed by atoms with E-state index >= 15 is 0 Å². The van der Waals surface area contributed by atoms with Crippen LogP contribution in [0.3, 0.4) is 0 Å². The van der Waals surface area contributed by atoms with Crippen molar-refractivity contribution in [3.8, 4) is 63.2 Å². The Labute approximate surface area is 441 Å². The molecule has 10 rings (SSSR count). The summed E-state index contributed by atoms with van der Waals surface area (Å²) in [5.74, 6) is -1.20. The van der Waals surface area contributed by atoms with Crippen LogP contribution in [-0.4, -0.2) is 46.0 Å². The van der Waals surface area contributed by atoms with Gasteiger partial charge in [0.1, 0.15) is 57.5 Å². The van der Waals surface area contributed by atoms with E-state index in [2.05, 4.69) is 90.4 Å². The minimum absolute atomic E-state index is 0.0348. The van der Waals surface area contributed by atoms with Crippen molar-refractivity contribution >= 4 is 133 Å². The van der Waals surface area contributed by atoms with Crippen LogP contribution in [0.25, 0.3) is 43.1 Å². The molecule has 0 radical (unpaired) electrons. The highest BCUT2D eigenvalue weighted by Crippen LogP contribution is 2.51. The third-order valence-electron chi connectivity index (χ3n) is 12.2. The zero-order valence-electron chi connectivity index (χ0n) is 34.9. The van der Waals surface area contributed by atoms with E-state index in [0.717, 1.165) is 5.56 Å².